The van der Waals surface area contributed by atoms with Crippen LogP contribution in [0.4, 0.5) is 13.2 Å². The van der Waals surface area contributed by atoms with Crippen molar-refractivity contribution < 1.29 is 22.7 Å². The molecular formula is C12H10F3NO2. The zero-order valence-corrected chi connectivity index (χ0v) is 9.25. The Balaban J connectivity index is 1.87. The minimum atomic E-state index is -4.89. The number of fused-ring (bicyclic) bond motifs is 2. The van der Waals surface area contributed by atoms with Crippen LogP contribution < -0.4 is 5.32 Å². The summed E-state index contributed by atoms with van der Waals surface area (Å²) in [5.74, 6) is -1.96. The maximum absolute atomic E-state index is 12.3. The highest BCUT2D eigenvalue weighted by molar-refractivity contribution is 5.83. The van der Waals surface area contributed by atoms with Crippen molar-refractivity contribution >= 4 is 5.91 Å². The molecule has 2 aliphatic carbocycles. The quantitative estimate of drug-likeness (QED) is 0.576. The number of alkyl halides is 3. The molecule has 2 atom stereocenters. The Morgan fingerprint density at radius 1 is 1.39 bits per heavy atom. The predicted octanol–water partition coefficient (Wildman–Crippen LogP) is 1.98. The van der Waals surface area contributed by atoms with Gasteiger partial charge in [0.15, 0.2) is 5.72 Å². The van der Waals surface area contributed by atoms with Crippen LogP contribution in [0.1, 0.15) is 12.8 Å². The topological polar surface area (TPSA) is 41.6 Å². The summed E-state index contributed by atoms with van der Waals surface area (Å²) in [4.78, 5) is 11.1. The summed E-state index contributed by atoms with van der Waals surface area (Å²) >= 11 is 0. The minimum Gasteiger partial charge on any atom is -0.336 e. The van der Waals surface area contributed by atoms with Crippen molar-refractivity contribution in [3.63, 3.8) is 0 Å². The first kappa shape index (κ1) is 11.5. The minimum absolute atomic E-state index is 0.478. The molecule has 3 aliphatic rings. The molecule has 1 N–H and O–H groups in total. The molecule has 3 rings (SSSR count). The van der Waals surface area contributed by atoms with Crippen LogP contribution in [0.25, 0.3) is 0 Å². The van der Waals surface area contributed by atoms with Gasteiger partial charge in [0, 0.05) is 0 Å². The van der Waals surface area contributed by atoms with Crippen molar-refractivity contribution in [3.8, 4) is 0 Å². The van der Waals surface area contributed by atoms with E-state index in [0.717, 1.165) is 11.1 Å². The Morgan fingerprint density at radius 2 is 2.11 bits per heavy atom. The van der Waals surface area contributed by atoms with Crippen LogP contribution in [0.3, 0.4) is 0 Å². The summed E-state index contributed by atoms with van der Waals surface area (Å²) in [6, 6.07) is 0. The molecule has 1 saturated heterocycles. The van der Waals surface area contributed by atoms with Crippen LogP contribution >= 0.6 is 0 Å². The number of hydrogen-bond donors (Lipinski definition) is 1. The summed E-state index contributed by atoms with van der Waals surface area (Å²) in [5.41, 5.74) is 0.394. The van der Waals surface area contributed by atoms with Crippen LogP contribution in [0, 0.1) is 0 Å². The van der Waals surface area contributed by atoms with Gasteiger partial charge in [-0.15, -0.1) is 0 Å². The number of hydrogen-bond acceptors (Lipinski definition) is 2. The van der Waals surface area contributed by atoms with Crippen LogP contribution in [-0.4, -0.2) is 23.9 Å². The second-order valence-corrected chi connectivity index (χ2v) is 4.47. The molecular weight excluding hydrogens is 247 g/mol. The van der Waals surface area contributed by atoms with E-state index in [2.05, 4.69) is 0 Å². The summed E-state index contributed by atoms with van der Waals surface area (Å²) in [7, 11) is 0. The van der Waals surface area contributed by atoms with E-state index >= 15 is 0 Å². The molecule has 0 bridgehead atoms. The maximum atomic E-state index is 12.3. The molecule has 0 aromatic rings. The largest absolute Gasteiger partial charge is 0.471 e. The monoisotopic (exact) mass is 257 g/mol. The summed E-state index contributed by atoms with van der Waals surface area (Å²) < 4.78 is 42.2. The lowest BCUT2D eigenvalue weighted by Gasteiger charge is -2.25. The van der Waals surface area contributed by atoms with Crippen molar-refractivity contribution in [3.05, 3.63) is 35.5 Å². The van der Waals surface area contributed by atoms with Crippen LogP contribution in [0.2, 0.25) is 0 Å². The zero-order valence-electron chi connectivity index (χ0n) is 9.25. The number of rotatable bonds is 1. The molecule has 96 valence electrons. The average molecular weight is 257 g/mol. The zero-order chi connectivity index (χ0) is 13.0. The van der Waals surface area contributed by atoms with E-state index in [1.807, 2.05) is 23.5 Å². The van der Waals surface area contributed by atoms with E-state index < -0.39 is 23.9 Å². The molecule has 0 aromatic carbocycles. The van der Waals surface area contributed by atoms with E-state index in [1.54, 1.807) is 6.08 Å². The third-order valence-electron chi connectivity index (χ3n) is 3.35. The molecule has 0 radical (unpaired) electrons. The highest BCUT2D eigenvalue weighted by Crippen LogP contribution is 2.49. The van der Waals surface area contributed by atoms with Gasteiger partial charge in [-0.05, 0) is 24.0 Å². The van der Waals surface area contributed by atoms with Gasteiger partial charge < -0.3 is 10.1 Å². The first-order valence-corrected chi connectivity index (χ1v) is 5.56. The maximum Gasteiger partial charge on any atom is 0.471 e. The Labute approximate surface area is 101 Å². The molecule has 18 heavy (non-hydrogen) atoms. The molecule has 6 heteroatoms. The molecule has 1 heterocycles. The van der Waals surface area contributed by atoms with Gasteiger partial charge in [-0.3, -0.25) is 4.79 Å². The van der Waals surface area contributed by atoms with Crippen molar-refractivity contribution in [2.24, 2.45) is 0 Å². The lowest BCUT2D eigenvalue weighted by Crippen LogP contribution is -2.48. The number of allylic oxidation sites excluding steroid dienone is 4. The number of carbonyl (C=O) groups excluding carboxylic acids is 1. The highest BCUT2D eigenvalue weighted by atomic mass is 19.4. The summed E-state index contributed by atoms with van der Waals surface area (Å²) in [5, 5.41) is 1.98. The van der Waals surface area contributed by atoms with E-state index in [9.17, 15) is 18.0 Å². The number of ether oxygens (including phenoxy) is 1. The number of epoxide rings is 1. The fourth-order valence-electron chi connectivity index (χ4n) is 2.43. The normalized spacial score (nSPS) is 32.9. The number of carbonyl (C=O) groups is 1. The van der Waals surface area contributed by atoms with Crippen LogP contribution in [-0.2, 0) is 9.53 Å². The van der Waals surface area contributed by atoms with Crippen LogP contribution in [0.5, 0.6) is 0 Å². The molecule has 3 nitrogen and oxygen atoms in total. The Morgan fingerprint density at radius 3 is 2.83 bits per heavy atom. The van der Waals surface area contributed by atoms with Gasteiger partial charge in [0.1, 0.15) is 6.10 Å². The SMILES string of the molecule is O=C(NC12OC1C=CC1=C2CC=CC1)C(F)(F)F. The lowest BCUT2D eigenvalue weighted by atomic mass is 9.86. The van der Waals surface area contributed by atoms with E-state index in [1.165, 1.54) is 0 Å². The smallest absolute Gasteiger partial charge is 0.336 e. The molecule has 1 amide bonds. The standard InChI is InChI=1S/C12H10F3NO2/c13-12(14,15)10(17)16-11-8-4-2-1-3-7(8)5-6-9(11)18-11/h1-2,5-6,9H,3-4H2,(H,16,17). The highest BCUT2D eigenvalue weighted by Gasteiger charge is 2.62. The second-order valence-electron chi connectivity index (χ2n) is 4.47. The van der Waals surface area contributed by atoms with E-state index in [4.69, 9.17) is 4.74 Å². The number of nitrogens with one attached hydrogen (secondary N) is 1. The Kier molecular flexibility index (Phi) is 2.22. The summed E-state index contributed by atoms with van der Waals surface area (Å²) in [6.45, 7) is 0. The summed E-state index contributed by atoms with van der Waals surface area (Å²) in [6.07, 6.45) is 3.17. The number of amides is 1. The lowest BCUT2D eigenvalue weighted by molar-refractivity contribution is -0.175. The molecule has 1 aliphatic heterocycles. The van der Waals surface area contributed by atoms with E-state index in [-0.39, 0.29) is 0 Å². The second kappa shape index (κ2) is 3.47. The molecule has 1 fully saturated rings. The fourth-order valence-corrected chi connectivity index (χ4v) is 2.43. The van der Waals surface area contributed by atoms with Gasteiger partial charge >= 0.3 is 12.1 Å². The average Bonchev–Trinajstić information content (AvgIpc) is 3.02. The Hall–Kier alpha value is -1.56. The van der Waals surface area contributed by atoms with Gasteiger partial charge in [0.05, 0.1) is 0 Å². The molecule has 0 saturated carbocycles. The molecule has 0 aromatic heterocycles. The van der Waals surface area contributed by atoms with Gasteiger partial charge in [0.25, 0.3) is 0 Å². The van der Waals surface area contributed by atoms with Crippen molar-refractivity contribution in [2.45, 2.75) is 30.8 Å². The third-order valence-corrected chi connectivity index (χ3v) is 3.35. The first-order chi connectivity index (χ1) is 8.43. The number of halogens is 3. The fraction of sp³-hybridized carbons (Fsp3) is 0.417. The van der Waals surface area contributed by atoms with Gasteiger partial charge in [0.2, 0.25) is 0 Å². The Bertz CT molecular complexity index is 504. The van der Waals surface area contributed by atoms with Crippen LogP contribution in [0.15, 0.2) is 35.5 Å². The van der Waals surface area contributed by atoms with Crippen molar-refractivity contribution in [1.29, 1.82) is 0 Å². The third kappa shape index (κ3) is 1.59. The first-order valence-electron chi connectivity index (χ1n) is 5.56. The predicted molar refractivity (Wildman–Crippen MR) is 56.3 cm³/mol. The van der Waals surface area contributed by atoms with Gasteiger partial charge in [-0.1, -0.05) is 24.3 Å². The van der Waals surface area contributed by atoms with Gasteiger partial charge in [-0.25, -0.2) is 0 Å². The molecule has 2 unspecified atom stereocenters. The molecule has 0 spiro atoms. The van der Waals surface area contributed by atoms with E-state index in [0.29, 0.717) is 12.8 Å². The van der Waals surface area contributed by atoms with Crippen molar-refractivity contribution in [2.75, 3.05) is 0 Å². The van der Waals surface area contributed by atoms with Gasteiger partial charge in [-0.2, -0.15) is 13.2 Å². The van der Waals surface area contributed by atoms with Crippen molar-refractivity contribution in [1.82, 2.24) is 5.32 Å².